The van der Waals surface area contributed by atoms with Crippen molar-refractivity contribution in [2.75, 3.05) is 13.1 Å². The number of piperidine rings is 1. The SMILES string of the molecule is CC(Oc1cccnc1)C(=O)N1CCC(C(C)N)CC1.Cl.Cl. The third kappa shape index (κ3) is 5.63. The molecule has 2 unspecified atom stereocenters. The van der Waals surface area contributed by atoms with Crippen LogP contribution in [0.15, 0.2) is 24.5 Å². The summed E-state index contributed by atoms with van der Waals surface area (Å²) in [4.78, 5) is 18.2. The van der Waals surface area contributed by atoms with Crippen LogP contribution in [0.5, 0.6) is 5.75 Å². The van der Waals surface area contributed by atoms with Gasteiger partial charge in [0.15, 0.2) is 6.10 Å². The first-order valence-electron chi connectivity index (χ1n) is 7.19. The molecule has 0 radical (unpaired) electrons. The molecule has 1 amide bonds. The van der Waals surface area contributed by atoms with E-state index in [4.69, 9.17) is 10.5 Å². The average Bonchev–Trinajstić information content (AvgIpc) is 2.47. The van der Waals surface area contributed by atoms with Gasteiger partial charge >= 0.3 is 0 Å². The molecule has 2 rings (SSSR count). The number of halogens is 2. The number of likely N-dealkylation sites (tertiary alicyclic amines) is 1. The van der Waals surface area contributed by atoms with Crippen molar-refractivity contribution in [3.8, 4) is 5.75 Å². The van der Waals surface area contributed by atoms with Gasteiger partial charge in [-0.25, -0.2) is 0 Å². The van der Waals surface area contributed by atoms with Crippen molar-refractivity contribution in [2.45, 2.75) is 38.8 Å². The Hall–Kier alpha value is -1.04. The van der Waals surface area contributed by atoms with E-state index in [1.54, 1.807) is 31.5 Å². The molecule has 126 valence electrons. The summed E-state index contributed by atoms with van der Waals surface area (Å²) in [5, 5.41) is 0. The molecule has 0 aliphatic carbocycles. The van der Waals surface area contributed by atoms with Gasteiger partial charge in [0.2, 0.25) is 0 Å². The van der Waals surface area contributed by atoms with Gasteiger partial charge in [-0.1, -0.05) is 0 Å². The van der Waals surface area contributed by atoms with Crippen molar-refractivity contribution in [3.63, 3.8) is 0 Å². The Morgan fingerprint density at radius 1 is 1.36 bits per heavy atom. The first-order chi connectivity index (χ1) is 9.58. The van der Waals surface area contributed by atoms with Gasteiger partial charge in [0.05, 0.1) is 6.20 Å². The largest absolute Gasteiger partial charge is 0.479 e. The Kier molecular flexibility index (Phi) is 9.41. The standard InChI is InChI=1S/C15H23N3O2.2ClH/c1-11(16)13-5-8-18(9-6-13)15(19)12(2)20-14-4-3-7-17-10-14;;/h3-4,7,10-13H,5-6,8-9,16H2,1-2H3;2*1H. The fraction of sp³-hybridized carbons (Fsp3) is 0.600. The molecule has 1 fully saturated rings. The van der Waals surface area contributed by atoms with Crippen LogP contribution in [-0.2, 0) is 4.79 Å². The number of hydrogen-bond donors (Lipinski definition) is 1. The number of pyridine rings is 1. The zero-order valence-electron chi connectivity index (χ0n) is 13.0. The third-order valence-corrected chi connectivity index (χ3v) is 3.89. The highest BCUT2D eigenvalue weighted by Gasteiger charge is 2.28. The zero-order valence-corrected chi connectivity index (χ0v) is 14.6. The lowest BCUT2D eigenvalue weighted by atomic mass is 9.91. The maximum atomic E-state index is 12.3. The van der Waals surface area contributed by atoms with E-state index in [2.05, 4.69) is 4.98 Å². The fourth-order valence-corrected chi connectivity index (χ4v) is 2.57. The van der Waals surface area contributed by atoms with Crippen LogP contribution in [0.1, 0.15) is 26.7 Å². The average molecular weight is 350 g/mol. The number of nitrogens with two attached hydrogens (primary N) is 1. The van der Waals surface area contributed by atoms with Gasteiger partial charge in [0.25, 0.3) is 5.91 Å². The van der Waals surface area contributed by atoms with E-state index < -0.39 is 6.10 Å². The summed E-state index contributed by atoms with van der Waals surface area (Å²) in [6.07, 6.45) is 4.77. The van der Waals surface area contributed by atoms with Crippen molar-refractivity contribution < 1.29 is 9.53 Å². The Morgan fingerprint density at radius 3 is 2.50 bits per heavy atom. The summed E-state index contributed by atoms with van der Waals surface area (Å²) in [5.41, 5.74) is 5.92. The summed E-state index contributed by atoms with van der Waals surface area (Å²) >= 11 is 0. The van der Waals surface area contributed by atoms with Crippen LogP contribution in [0.2, 0.25) is 0 Å². The number of ether oxygens (including phenoxy) is 1. The maximum Gasteiger partial charge on any atom is 0.263 e. The molecular weight excluding hydrogens is 325 g/mol. The normalized spacial score (nSPS) is 17.7. The Labute approximate surface area is 144 Å². The molecule has 1 aromatic heterocycles. The monoisotopic (exact) mass is 349 g/mol. The molecule has 2 N–H and O–H groups in total. The fourth-order valence-electron chi connectivity index (χ4n) is 2.57. The number of carbonyl (C=O) groups excluding carboxylic acids is 1. The van der Waals surface area contributed by atoms with E-state index in [-0.39, 0.29) is 36.8 Å². The molecule has 1 saturated heterocycles. The number of nitrogens with zero attached hydrogens (tertiary/aromatic N) is 2. The molecule has 0 saturated carbocycles. The second-order valence-electron chi connectivity index (χ2n) is 5.47. The molecular formula is C15H25Cl2N3O2. The van der Waals surface area contributed by atoms with Gasteiger partial charge < -0.3 is 15.4 Å². The summed E-state index contributed by atoms with van der Waals surface area (Å²) in [6.45, 7) is 5.36. The molecule has 22 heavy (non-hydrogen) atoms. The second kappa shape index (κ2) is 9.87. The molecule has 0 bridgehead atoms. The molecule has 2 atom stereocenters. The Bertz CT molecular complexity index is 438. The summed E-state index contributed by atoms with van der Waals surface area (Å²) < 4.78 is 5.63. The van der Waals surface area contributed by atoms with Crippen LogP contribution < -0.4 is 10.5 Å². The lowest BCUT2D eigenvalue weighted by molar-refractivity contribution is -0.139. The predicted molar refractivity (Wildman–Crippen MR) is 91.8 cm³/mol. The second-order valence-corrected chi connectivity index (χ2v) is 5.47. The first kappa shape index (κ1) is 21.0. The minimum absolute atomic E-state index is 0. The van der Waals surface area contributed by atoms with E-state index in [1.807, 2.05) is 11.8 Å². The van der Waals surface area contributed by atoms with Crippen LogP contribution in [0.25, 0.3) is 0 Å². The molecule has 1 aliphatic rings. The summed E-state index contributed by atoms with van der Waals surface area (Å²) in [7, 11) is 0. The third-order valence-electron chi connectivity index (χ3n) is 3.89. The summed E-state index contributed by atoms with van der Waals surface area (Å²) in [5.74, 6) is 1.18. The van der Waals surface area contributed by atoms with Gasteiger partial charge in [0, 0.05) is 25.3 Å². The quantitative estimate of drug-likeness (QED) is 0.905. The number of aromatic nitrogens is 1. The van der Waals surface area contributed by atoms with Crippen LogP contribution in [0, 0.1) is 5.92 Å². The van der Waals surface area contributed by atoms with Crippen LogP contribution in [-0.4, -0.2) is 41.0 Å². The maximum absolute atomic E-state index is 12.3. The van der Waals surface area contributed by atoms with Gasteiger partial charge in [-0.3, -0.25) is 9.78 Å². The molecule has 0 spiro atoms. The molecule has 1 aromatic rings. The lowest BCUT2D eigenvalue weighted by Gasteiger charge is -2.34. The number of rotatable bonds is 4. The van der Waals surface area contributed by atoms with E-state index in [0.29, 0.717) is 11.7 Å². The van der Waals surface area contributed by atoms with Crippen molar-refractivity contribution in [3.05, 3.63) is 24.5 Å². The van der Waals surface area contributed by atoms with Gasteiger partial charge in [-0.05, 0) is 44.7 Å². The van der Waals surface area contributed by atoms with Gasteiger partial charge in [0.1, 0.15) is 5.75 Å². The van der Waals surface area contributed by atoms with E-state index in [9.17, 15) is 4.79 Å². The first-order valence-corrected chi connectivity index (χ1v) is 7.19. The van der Waals surface area contributed by atoms with E-state index in [1.165, 1.54) is 0 Å². The number of hydrogen-bond acceptors (Lipinski definition) is 4. The van der Waals surface area contributed by atoms with Crippen LogP contribution in [0.4, 0.5) is 0 Å². The summed E-state index contributed by atoms with van der Waals surface area (Å²) in [6, 6.07) is 3.80. The van der Waals surface area contributed by atoms with Gasteiger partial charge in [-0.15, -0.1) is 24.8 Å². The number of carbonyl (C=O) groups is 1. The highest BCUT2D eigenvalue weighted by atomic mass is 35.5. The topological polar surface area (TPSA) is 68.5 Å². The van der Waals surface area contributed by atoms with Crippen molar-refractivity contribution in [1.82, 2.24) is 9.88 Å². The highest BCUT2D eigenvalue weighted by Crippen LogP contribution is 2.20. The van der Waals surface area contributed by atoms with Gasteiger partial charge in [-0.2, -0.15) is 0 Å². The minimum Gasteiger partial charge on any atom is -0.479 e. The van der Waals surface area contributed by atoms with Crippen molar-refractivity contribution in [2.24, 2.45) is 11.7 Å². The Morgan fingerprint density at radius 2 is 2.00 bits per heavy atom. The molecule has 2 heterocycles. The predicted octanol–water partition coefficient (Wildman–Crippen LogP) is 2.28. The van der Waals surface area contributed by atoms with E-state index in [0.717, 1.165) is 25.9 Å². The molecule has 7 heteroatoms. The molecule has 5 nitrogen and oxygen atoms in total. The van der Waals surface area contributed by atoms with E-state index >= 15 is 0 Å². The van der Waals surface area contributed by atoms with Crippen molar-refractivity contribution >= 4 is 30.7 Å². The van der Waals surface area contributed by atoms with Crippen LogP contribution in [0.3, 0.4) is 0 Å². The molecule has 0 aromatic carbocycles. The van der Waals surface area contributed by atoms with Crippen molar-refractivity contribution in [1.29, 1.82) is 0 Å². The smallest absolute Gasteiger partial charge is 0.263 e. The van der Waals surface area contributed by atoms with Crippen LogP contribution >= 0.6 is 24.8 Å². The number of amides is 1. The highest BCUT2D eigenvalue weighted by molar-refractivity contribution is 5.85. The zero-order chi connectivity index (χ0) is 14.5. The minimum atomic E-state index is -0.481. The Balaban J connectivity index is 0.00000220. The molecule has 1 aliphatic heterocycles. The lowest BCUT2D eigenvalue weighted by Crippen LogP contribution is -2.46.